The van der Waals surface area contributed by atoms with Crippen LogP contribution in [0.5, 0.6) is 0 Å². The number of fused-ring (bicyclic) bond motifs is 1. The molecule has 1 aliphatic carbocycles. The van der Waals surface area contributed by atoms with E-state index < -0.39 is 0 Å². The lowest BCUT2D eigenvalue weighted by Gasteiger charge is -2.36. The van der Waals surface area contributed by atoms with Gasteiger partial charge in [0.1, 0.15) is 11.6 Å². The highest BCUT2D eigenvalue weighted by molar-refractivity contribution is 6.31. The smallest absolute Gasteiger partial charge is 0.225 e. The number of anilines is 1. The summed E-state index contributed by atoms with van der Waals surface area (Å²) in [5, 5.41) is 1.72. The summed E-state index contributed by atoms with van der Waals surface area (Å²) in [5.74, 6) is 2.43. The normalized spacial score (nSPS) is 18.2. The van der Waals surface area contributed by atoms with Gasteiger partial charge in [0.05, 0.1) is 5.52 Å². The average Bonchev–Trinajstić information content (AvgIpc) is 3.45. The average molecular weight is 345 g/mol. The summed E-state index contributed by atoms with van der Waals surface area (Å²) in [6.45, 7) is 5.24. The van der Waals surface area contributed by atoms with Crippen LogP contribution >= 0.6 is 11.6 Å². The van der Waals surface area contributed by atoms with Crippen LogP contribution in [-0.2, 0) is 11.2 Å². The molecule has 6 heteroatoms. The molecule has 4 rings (SSSR count). The minimum atomic E-state index is 0.297. The second-order valence-corrected chi connectivity index (χ2v) is 7.00. The molecule has 1 aromatic carbocycles. The van der Waals surface area contributed by atoms with Gasteiger partial charge in [0.2, 0.25) is 5.91 Å². The first-order valence-electron chi connectivity index (χ1n) is 8.65. The Hall–Kier alpha value is -1.88. The molecule has 1 aliphatic heterocycles. The molecule has 1 amide bonds. The van der Waals surface area contributed by atoms with Gasteiger partial charge in [0, 0.05) is 48.9 Å². The Labute approximate surface area is 146 Å². The predicted molar refractivity (Wildman–Crippen MR) is 95.4 cm³/mol. The molecule has 1 aromatic heterocycles. The second-order valence-electron chi connectivity index (χ2n) is 6.57. The third kappa shape index (κ3) is 2.93. The van der Waals surface area contributed by atoms with E-state index in [1.165, 1.54) is 0 Å². The summed E-state index contributed by atoms with van der Waals surface area (Å²) in [5.41, 5.74) is 0.890. The minimum absolute atomic E-state index is 0.297. The van der Waals surface area contributed by atoms with E-state index >= 15 is 0 Å². The highest BCUT2D eigenvalue weighted by Crippen LogP contribution is 2.32. The zero-order valence-electron chi connectivity index (χ0n) is 13.8. The number of amides is 1. The molecule has 0 radical (unpaired) electrons. The van der Waals surface area contributed by atoms with E-state index in [2.05, 4.69) is 16.8 Å². The molecule has 0 bridgehead atoms. The van der Waals surface area contributed by atoms with Gasteiger partial charge in [0.15, 0.2) is 0 Å². The summed E-state index contributed by atoms with van der Waals surface area (Å²) in [6.07, 6.45) is 2.92. The van der Waals surface area contributed by atoms with E-state index in [0.717, 1.165) is 68.0 Å². The number of aromatic nitrogens is 2. The lowest BCUT2D eigenvalue weighted by molar-refractivity contribution is -0.132. The number of rotatable bonds is 3. The summed E-state index contributed by atoms with van der Waals surface area (Å²) in [4.78, 5) is 25.9. The Morgan fingerprint density at radius 3 is 2.62 bits per heavy atom. The molecular weight excluding hydrogens is 324 g/mol. The van der Waals surface area contributed by atoms with Crippen molar-refractivity contribution in [2.75, 3.05) is 31.1 Å². The molecule has 0 N–H and O–H groups in total. The Balaban J connectivity index is 1.60. The standard InChI is InChI=1S/C18H21ClN4O/c1-2-16-20-15-11-13(19)5-6-14(15)17(21-16)22-7-9-23(10-8-22)18(24)12-3-4-12/h5-6,11-12H,2-4,7-10H2,1H3. The highest BCUT2D eigenvalue weighted by atomic mass is 35.5. The fraction of sp³-hybridized carbons (Fsp3) is 0.500. The number of hydrogen-bond acceptors (Lipinski definition) is 4. The lowest BCUT2D eigenvalue weighted by atomic mass is 10.2. The molecule has 2 heterocycles. The van der Waals surface area contributed by atoms with Crippen LogP contribution in [-0.4, -0.2) is 47.0 Å². The van der Waals surface area contributed by atoms with Crippen molar-refractivity contribution in [1.29, 1.82) is 0 Å². The van der Waals surface area contributed by atoms with E-state index in [-0.39, 0.29) is 0 Å². The number of carbonyl (C=O) groups excluding carboxylic acids is 1. The number of hydrogen-bond donors (Lipinski definition) is 0. The summed E-state index contributed by atoms with van der Waals surface area (Å²) in [6, 6.07) is 5.78. The van der Waals surface area contributed by atoms with E-state index in [4.69, 9.17) is 16.6 Å². The van der Waals surface area contributed by atoms with Crippen molar-refractivity contribution >= 4 is 34.2 Å². The van der Waals surface area contributed by atoms with Gasteiger partial charge in [-0.25, -0.2) is 9.97 Å². The monoisotopic (exact) mass is 344 g/mol. The SMILES string of the molecule is CCc1nc(N2CCN(C(=O)C3CC3)CC2)c2ccc(Cl)cc2n1. The Morgan fingerprint density at radius 1 is 1.21 bits per heavy atom. The van der Waals surface area contributed by atoms with E-state index in [9.17, 15) is 4.79 Å². The number of nitrogens with zero attached hydrogens (tertiary/aromatic N) is 4. The van der Waals surface area contributed by atoms with Crippen LogP contribution in [0.3, 0.4) is 0 Å². The Kier molecular flexibility index (Phi) is 4.04. The fourth-order valence-corrected chi connectivity index (χ4v) is 3.43. The van der Waals surface area contributed by atoms with Crippen LogP contribution in [0.25, 0.3) is 10.9 Å². The van der Waals surface area contributed by atoms with Crippen molar-refractivity contribution in [3.8, 4) is 0 Å². The summed E-state index contributed by atoms with van der Waals surface area (Å²) < 4.78 is 0. The van der Waals surface area contributed by atoms with Crippen molar-refractivity contribution in [3.05, 3.63) is 29.0 Å². The molecule has 126 valence electrons. The molecule has 24 heavy (non-hydrogen) atoms. The van der Waals surface area contributed by atoms with Crippen molar-refractivity contribution < 1.29 is 4.79 Å². The molecule has 2 fully saturated rings. The first-order chi connectivity index (χ1) is 11.7. The van der Waals surface area contributed by atoms with Gasteiger partial charge in [-0.15, -0.1) is 0 Å². The van der Waals surface area contributed by atoms with Crippen LogP contribution < -0.4 is 4.90 Å². The van der Waals surface area contributed by atoms with E-state index in [1.807, 2.05) is 23.1 Å². The van der Waals surface area contributed by atoms with E-state index in [1.54, 1.807) is 0 Å². The quantitative estimate of drug-likeness (QED) is 0.859. The summed E-state index contributed by atoms with van der Waals surface area (Å²) >= 11 is 6.12. The zero-order chi connectivity index (χ0) is 16.7. The van der Waals surface area contributed by atoms with Gasteiger partial charge in [-0.05, 0) is 31.0 Å². The Morgan fingerprint density at radius 2 is 1.96 bits per heavy atom. The number of aryl methyl sites for hydroxylation is 1. The van der Waals surface area contributed by atoms with Gasteiger partial charge in [-0.3, -0.25) is 4.79 Å². The molecule has 1 saturated heterocycles. The summed E-state index contributed by atoms with van der Waals surface area (Å²) in [7, 11) is 0. The van der Waals surface area contributed by atoms with Crippen molar-refractivity contribution in [3.63, 3.8) is 0 Å². The van der Waals surface area contributed by atoms with Gasteiger partial charge in [0.25, 0.3) is 0 Å². The van der Waals surface area contributed by atoms with Gasteiger partial charge in [-0.1, -0.05) is 18.5 Å². The second kappa shape index (κ2) is 6.20. The van der Waals surface area contributed by atoms with Gasteiger partial charge in [-0.2, -0.15) is 0 Å². The molecule has 2 aliphatic rings. The van der Waals surface area contributed by atoms with Crippen LogP contribution in [0, 0.1) is 5.92 Å². The maximum Gasteiger partial charge on any atom is 0.225 e. The Bertz CT molecular complexity index is 782. The van der Waals surface area contributed by atoms with Crippen molar-refractivity contribution in [1.82, 2.24) is 14.9 Å². The topological polar surface area (TPSA) is 49.3 Å². The van der Waals surface area contributed by atoms with Crippen LogP contribution in [0.4, 0.5) is 5.82 Å². The molecule has 0 atom stereocenters. The fourth-order valence-electron chi connectivity index (χ4n) is 3.26. The number of halogens is 1. The minimum Gasteiger partial charge on any atom is -0.352 e. The largest absolute Gasteiger partial charge is 0.352 e. The van der Waals surface area contributed by atoms with Gasteiger partial charge >= 0.3 is 0 Å². The highest BCUT2D eigenvalue weighted by Gasteiger charge is 2.34. The predicted octanol–water partition coefficient (Wildman–Crippen LogP) is 2.90. The van der Waals surface area contributed by atoms with Crippen LogP contribution in [0.1, 0.15) is 25.6 Å². The third-order valence-electron chi connectivity index (χ3n) is 4.82. The number of carbonyl (C=O) groups is 1. The first-order valence-corrected chi connectivity index (χ1v) is 9.03. The third-order valence-corrected chi connectivity index (χ3v) is 5.05. The first kappa shape index (κ1) is 15.6. The molecule has 1 saturated carbocycles. The van der Waals surface area contributed by atoms with Crippen LogP contribution in [0.15, 0.2) is 18.2 Å². The zero-order valence-corrected chi connectivity index (χ0v) is 14.6. The maximum atomic E-state index is 12.2. The molecule has 0 spiro atoms. The lowest BCUT2D eigenvalue weighted by Crippen LogP contribution is -2.49. The van der Waals surface area contributed by atoms with Crippen LogP contribution in [0.2, 0.25) is 5.02 Å². The molecule has 0 unspecified atom stereocenters. The molecule has 5 nitrogen and oxygen atoms in total. The number of piperazine rings is 1. The van der Waals surface area contributed by atoms with Crippen molar-refractivity contribution in [2.45, 2.75) is 26.2 Å². The molecular formula is C18H21ClN4O. The van der Waals surface area contributed by atoms with Gasteiger partial charge < -0.3 is 9.80 Å². The number of benzene rings is 1. The van der Waals surface area contributed by atoms with Crippen molar-refractivity contribution in [2.24, 2.45) is 5.92 Å². The van der Waals surface area contributed by atoms with E-state index in [0.29, 0.717) is 16.8 Å². The molecule has 2 aromatic rings. The maximum absolute atomic E-state index is 12.2.